The van der Waals surface area contributed by atoms with Gasteiger partial charge in [-0.25, -0.2) is 0 Å². The van der Waals surface area contributed by atoms with E-state index in [2.05, 4.69) is 9.72 Å². The third kappa shape index (κ3) is 3.44. The number of nitrogens with zero attached hydrogens (tertiary/aromatic N) is 1. The van der Waals surface area contributed by atoms with Crippen LogP contribution < -0.4 is 0 Å². The molecule has 6 heteroatoms. The molecule has 0 amide bonds. The smallest absolute Gasteiger partial charge is 0.308 e. The first-order valence-electron chi connectivity index (χ1n) is 4.59. The van der Waals surface area contributed by atoms with Gasteiger partial charge < -0.3 is 14.9 Å². The summed E-state index contributed by atoms with van der Waals surface area (Å²) in [6.45, 7) is 0. The number of hydrogen-bond acceptors (Lipinski definition) is 5. The average Bonchev–Trinajstić information content (AvgIpc) is 2.28. The molecule has 0 bridgehead atoms. The fourth-order valence-corrected chi connectivity index (χ4v) is 1.24. The van der Waals surface area contributed by atoms with Gasteiger partial charge in [-0.2, -0.15) is 0 Å². The van der Waals surface area contributed by atoms with Gasteiger partial charge in [0.2, 0.25) is 0 Å². The zero-order chi connectivity index (χ0) is 12.1. The molecular weight excluding hydrogens is 234 g/mol. The summed E-state index contributed by atoms with van der Waals surface area (Å²) in [6, 6.07) is 3.02. The van der Waals surface area contributed by atoms with Crippen molar-refractivity contribution >= 4 is 17.6 Å². The summed E-state index contributed by atoms with van der Waals surface area (Å²) in [7, 11) is 1.21. The highest BCUT2D eigenvalue weighted by Crippen LogP contribution is 2.18. The van der Waals surface area contributed by atoms with Crippen LogP contribution in [0, 0.1) is 0 Å². The highest BCUT2D eigenvalue weighted by Gasteiger charge is 2.22. The average molecular weight is 246 g/mol. The number of halogens is 1. The number of rotatable bonds is 4. The third-order valence-corrected chi connectivity index (χ3v) is 2.24. The van der Waals surface area contributed by atoms with E-state index in [1.165, 1.54) is 25.4 Å². The molecule has 88 valence electrons. The summed E-state index contributed by atoms with van der Waals surface area (Å²) >= 11 is 5.62. The van der Waals surface area contributed by atoms with Crippen LogP contribution in [0.2, 0.25) is 5.02 Å². The zero-order valence-electron chi connectivity index (χ0n) is 8.63. The number of esters is 1. The molecule has 1 heterocycles. The molecule has 16 heavy (non-hydrogen) atoms. The van der Waals surface area contributed by atoms with Gasteiger partial charge in [0.25, 0.3) is 0 Å². The Morgan fingerprint density at radius 2 is 2.25 bits per heavy atom. The Morgan fingerprint density at radius 3 is 2.75 bits per heavy atom. The second-order valence-electron chi connectivity index (χ2n) is 3.19. The Kier molecular flexibility index (Phi) is 4.67. The molecule has 0 aromatic carbocycles. The van der Waals surface area contributed by atoms with Gasteiger partial charge in [-0.05, 0) is 12.1 Å². The van der Waals surface area contributed by atoms with Gasteiger partial charge >= 0.3 is 5.97 Å². The fourth-order valence-electron chi connectivity index (χ4n) is 1.13. The van der Waals surface area contributed by atoms with Gasteiger partial charge in [0.05, 0.1) is 30.4 Å². The van der Waals surface area contributed by atoms with E-state index in [0.717, 1.165) is 0 Å². The van der Waals surface area contributed by atoms with E-state index in [-0.39, 0.29) is 12.1 Å². The standard InChI is InChI=1S/C10H12ClNO4/c1-16-9(14)4-8(13)10(15)7-3-2-6(11)5-12-7/h2-3,5,8,10,13,15H,4H2,1H3. The van der Waals surface area contributed by atoms with Crippen LogP contribution in [0.15, 0.2) is 18.3 Å². The maximum Gasteiger partial charge on any atom is 0.308 e. The largest absolute Gasteiger partial charge is 0.469 e. The van der Waals surface area contributed by atoms with E-state index in [1.54, 1.807) is 0 Å². The highest BCUT2D eigenvalue weighted by atomic mass is 35.5. The van der Waals surface area contributed by atoms with E-state index in [1.807, 2.05) is 0 Å². The van der Waals surface area contributed by atoms with E-state index in [0.29, 0.717) is 5.02 Å². The van der Waals surface area contributed by atoms with Crippen LogP contribution in [0.3, 0.4) is 0 Å². The van der Waals surface area contributed by atoms with E-state index >= 15 is 0 Å². The number of methoxy groups -OCH3 is 1. The van der Waals surface area contributed by atoms with Crippen LogP contribution in [-0.2, 0) is 9.53 Å². The van der Waals surface area contributed by atoms with Crippen molar-refractivity contribution in [2.45, 2.75) is 18.6 Å². The number of carbonyl (C=O) groups is 1. The van der Waals surface area contributed by atoms with Gasteiger partial charge in [0, 0.05) is 6.20 Å². The van der Waals surface area contributed by atoms with Gasteiger partial charge in [0.15, 0.2) is 0 Å². The second-order valence-corrected chi connectivity index (χ2v) is 3.63. The minimum atomic E-state index is -1.25. The number of ether oxygens (including phenoxy) is 1. The van der Waals surface area contributed by atoms with Crippen LogP contribution >= 0.6 is 11.6 Å². The van der Waals surface area contributed by atoms with E-state index < -0.39 is 18.2 Å². The first-order valence-corrected chi connectivity index (χ1v) is 4.96. The molecule has 1 rings (SSSR count). The van der Waals surface area contributed by atoms with E-state index in [9.17, 15) is 15.0 Å². The molecule has 0 saturated heterocycles. The zero-order valence-corrected chi connectivity index (χ0v) is 9.39. The summed E-state index contributed by atoms with van der Waals surface area (Å²) in [6.07, 6.45) is -1.43. The lowest BCUT2D eigenvalue weighted by molar-refractivity contribution is -0.144. The molecule has 1 aromatic rings. The predicted octanol–water partition coefficient (Wildman–Crippen LogP) is 0.692. The molecule has 0 saturated carbocycles. The molecule has 2 atom stereocenters. The molecular formula is C10H12ClNO4. The Morgan fingerprint density at radius 1 is 1.56 bits per heavy atom. The first-order chi connectivity index (χ1) is 7.54. The number of aliphatic hydroxyl groups is 2. The lowest BCUT2D eigenvalue weighted by atomic mass is 10.1. The number of hydrogen-bond donors (Lipinski definition) is 2. The Hall–Kier alpha value is -1.17. The van der Waals surface area contributed by atoms with Crippen molar-refractivity contribution in [3.8, 4) is 0 Å². The lowest BCUT2D eigenvalue weighted by Crippen LogP contribution is -2.23. The number of carbonyl (C=O) groups excluding carboxylic acids is 1. The lowest BCUT2D eigenvalue weighted by Gasteiger charge is -2.15. The number of aromatic nitrogens is 1. The Bertz CT molecular complexity index is 354. The number of pyridine rings is 1. The van der Waals surface area contributed by atoms with Crippen LogP contribution in [0.5, 0.6) is 0 Å². The van der Waals surface area contributed by atoms with Crippen molar-refractivity contribution in [1.82, 2.24) is 4.98 Å². The molecule has 0 aliphatic carbocycles. The second kappa shape index (κ2) is 5.79. The van der Waals surface area contributed by atoms with Crippen LogP contribution in [0.25, 0.3) is 0 Å². The van der Waals surface area contributed by atoms with Crippen molar-refractivity contribution < 1.29 is 19.7 Å². The van der Waals surface area contributed by atoms with Crippen molar-refractivity contribution in [1.29, 1.82) is 0 Å². The van der Waals surface area contributed by atoms with Gasteiger partial charge in [-0.1, -0.05) is 11.6 Å². The van der Waals surface area contributed by atoms with Gasteiger partial charge in [0.1, 0.15) is 6.10 Å². The molecule has 2 unspecified atom stereocenters. The molecule has 0 aliphatic heterocycles. The SMILES string of the molecule is COC(=O)CC(O)C(O)c1ccc(Cl)cn1. The Labute approximate surface area is 97.6 Å². The van der Waals surface area contributed by atoms with Crippen LogP contribution in [0.1, 0.15) is 18.2 Å². The number of aliphatic hydroxyl groups excluding tert-OH is 2. The Balaban J connectivity index is 2.66. The minimum Gasteiger partial charge on any atom is -0.469 e. The van der Waals surface area contributed by atoms with Crippen LogP contribution in [0.4, 0.5) is 0 Å². The summed E-state index contributed by atoms with van der Waals surface area (Å²) in [5.41, 5.74) is 0.251. The van der Waals surface area contributed by atoms with Gasteiger partial charge in [-0.15, -0.1) is 0 Å². The highest BCUT2D eigenvalue weighted by molar-refractivity contribution is 6.30. The van der Waals surface area contributed by atoms with Crippen LogP contribution in [-0.4, -0.2) is 34.4 Å². The molecule has 1 aromatic heterocycles. The van der Waals surface area contributed by atoms with Crippen molar-refractivity contribution in [2.75, 3.05) is 7.11 Å². The monoisotopic (exact) mass is 245 g/mol. The maximum atomic E-state index is 10.9. The first kappa shape index (κ1) is 12.9. The molecule has 0 fully saturated rings. The van der Waals surface area contributed by atoms with Crippen molar-refractivity contribution in [2.24, 2.45) is 0 Å². The van der Waals surface area contributed by atoms with Gasteiger partial charge in [-0.3, -0.25) is 9.78 Å². The van der Waals surface area contributed by atoms with Crippen molar-refractivity contribution in [3.63, 3.8) is 0 Å². The third-order valence-electron chi connectivity index (χ3n) is 2.02. The topological polar surface area (TPSA) is 79.7 Å². The quantitative estimate of drug-likeness (QED) is 0.763. The molecule has 2 N–H and O–H groups in total. The summed E-state index contributed by atoms with van der Waals surface area (Å²) in [5, 5.41) is 19.6. The molecule has 0 aliphatic rings. The molecule has 5 nitrogen and oxygen atoms in total. The minimum absolute atomic E-state index is 0.251. The predicted molar refractivity (Wildman–Crippen MR) is 56.8 cm³/mol. The summed E-state index contributed by atoms with van der Waals surface area (Å²) in [5.74, 6) is -0.597. The normalized spacial score (nSPS) is 14.2. The summed E-state index contributed by atoms with van der Waals surface area (Å²) < 4.78 is 4.37. The van der Waals surface area contributed by atoms with Crippen molar-refractivity contribution in [3.05, 3.63) is 29.0 Å². The molecule has 0 spiro atoms. The summed E-state index contributed by atoms with van der Waals surface area (Å²) in [4.78, 5) is 14.7. The fraction of sp³-hybridized carbons (Fsp3) is 0.400. The molecule has 0 radical (unpaired) electrons. The maximum absolute atomic E-state index is 10.9. The van der Waals surface area contributed by atoms with E-state index in [4.69, 9.17) is 11.6 Å².